The molecule has 5 nitrogen and oxygen atoms in total. The van der Waals surface area contributed by atoms with Gasteiger partial charge in [0.25, 0.3) is 0 Å². The van der Waals surface area contributed by atoms with Gasteiger partial charge in [0.1, 0.15) is 5.56 Å². The first kappa shape index (κ1) is 10.9. The maximum atomic E-state index is 12.8. The number of nitrogen functional groups attached to an aromatic ring is 1. The van der Waals surface area contributed by atoms with Crippen LogP contribution in [0.3, 0.4) is 0 Å². The number of halogens is 3. The second-order valence-electron chi connectivity index (χ2n) is 2.95. The number of hydrogen-bond acceptors (Lipinski definition) is 4. The molecule has 86 valence electrons. The Hall–Kier alpha value is -1.57. The fraction of sp³-hybridized carbons (Fsp3) is 0.125. The van der Waals surface area contributed by atoms with Crippen LogP contribution in [0.25, 0.3) is 0 Å². The number of carbonyl (C=O) groups is 1. The number of nitrogens with two attached hydrogens (primary N) is 1. The van der Waals surface area contributed by atoms with E-state index in [-0.39, 0.29) is 15.9 Å². The van der Waals surface area contributed by atoms with Crippen LogP contribution >= 0.6 is 15.9 Å². The molecule has 0 spiro atoms. The summed E-state index contributed by atoms with van der Waals surface area (Å²) in [6.07, 6.45) is -3.88. The molecule has 0 aromatic heterocycles. The summed E-state index contributed by atoms with van der Waals surface area (Å²) in [6, 6.07) is 1.12. The lowest BCUT2D eigenvalue weighted by Gasteiger charge is -2.06. The summed E-state index contributed by atoms with van der Waals surface area (Å²) in [4.78, 5) is 10.9. The molecule has 1 heterocycles. The van der Waals surface area contributed by atoms with Gasteiger partial charge in [-0.3, -0.25) is 0 Å². The van der Waals surface area contributed by atoms with Crippen molar-refractivity contribution in [1.82, 2.24) is 0 Å². The first-order valence-electron chi connectivity index (χ1n) is 3.93. The quantitative estimate of drug-likeness (QED) is 0.775. The van der Waals surface area contributed by atoms with Crippen molar-refractivity contribution in [2.75, 3.05) is 5.73 Å². The molecule has 0 unspecified atom stereocenters. The Morgan fingerprint density at radius 1 is 1.50 bits per heavy atom. The highest BCUT2D eigenvalue weighted by Crippen LogP contribution is 2.47. The lowest BCUT2D eigenvalue weighted by molar-refractivity contribution is -0.286. The van der Waals surface area contributed by atoms with Gasteiger partial charge in [-0.1, -0.05) is 0 Å². The van der Waals surface area contributed by atoms with Gasteiger partial charge in [0.05, 0.1) is 5.69 Å². The Balaban J connectivity index is 2.68. The maximum Gasteiger partial charge on any atom is 0.586 e. The van der Waals surface area contributed by atoms with Crippen LogP contribution < -0.4 is 15.2 Å². The number of alkyl halides is 2. The van der Waals surface area contributed by atoms with E-state index in [2.05, 4.69) is 25.4 Å². The second kappa shape index (κ2) is 3.21. The number of carboxylic acids is 1. The summed E-state index contributed by atoms with van der Waals surface area (Å²) in [5, 5.41) is 8.84. The summed E-state index contributed by atoms with van der Waals surface area (Å²) in [5.74, 6) is -2.42. The van der Waals surface area contributed by atoms with E-state index in [9.17, 15) is 13.6 Å². The van der Waals surface area contributed by atoms with E-state index in [0.717, 1.165) is 6.07 Å². The molecule has 0 saturated heterocycles. The second-order valence-corrected chi connectivity index (χ2v) is 3.80. The van der Waals surface area contributed by atoms with E-state index in [0.29, 0.717) is 0 Å². The molecule has 8 heteroatoms. The molecule has 1 aromatic carbocycles. The van der Waals surface area contributed by atoms with Gasteiger partial charge in [-0.15, -0.1) is 8.78 Å². The lowest BCUT2D eigenvalue weighted by atomic mass is 10.1. The number of fused-ring (bicyclic) bond motifs is 1. The zero-order chi connectivity index (χ0) is 12.1. The van der Waals surface area contributed by atoms with E-state index in [1.807, 2.05) is 0 Å². The molecule has 1 aliphatic heterocycles. The summed E-state index contributed by atoms with van der Waals surface area (Å²) in [5.41, 5.74) is 4.68. The van der Waals surface area contributed by atoms with Gasteiger partial charge in [-0.25, -0.2) is 4.79 Å². The highest BCUT2D eigenvalue weighted by Gasteiger charge is 2.46. The van der Waals surface area contributed by atoms with Crippen molar-refractivity contribution in [3.63, 3.8) is 0 Å². The molecule has 1 aromatic rings. The van der Waals surface area contributed by atoms with Crippen LogP contribution in [0.4, 0.5) is 14.5 Å². The van der Waals surface area contributed by atoms with Gasteiger partial charge in [0.2, 0.25) is 0 Å². The van der Waals surface area contributed by atoms with Crippen LogP contribution in [0.15, 0.2) is 10.5 Å². The molecule has 3 N–H and O–H groups in total. The molecule has 0 saturated carbocycles. The summed E-state index contributed by atoms with van der Waals surface area (Å²) in [7, 11) is 0. The van der Waals surface area contributed by atoms with E-state index in [4.69, 9.17) is 10.8 Å². The van der Waals surface area contributed by atoms with Crippen LogP contribution in [-0.2, 0) is 0 Å². The van der Waals surface area contributed by atoms with Gasteiger partial charge in [0, 0.05) is 10.5 Å². The molecule has 0 bridgehead atoms. The minimum absolute atomic E-state index is 0.143. The van der Waals surface area contributed by atoms with Crippen LogP contribution in [0.2, 0.25) is 0 Å². The Morgan fingerprint density at radius 3 is 2.69 bits per heavy atom. The normalized spacial score (nSPS) is 16.2. The molecule has 2 rings (SSSR count). The first-order valence-corrected chi connectivity index (χ1v) is 4.72. The maximum absolute atomic E-state index is 12.8. The third-order valence-electron chi connectivity index (χ3n) is 1.90. The number of aromatic carboxylic acids is 1. The number of benzene rings is 1. The SMILES string of the molecule is Nc1c(Br)cc2c(c1C(=O)O)OC(F)(F)O2. The Labute approximate surface area is 95.9 Å². The number of hydrogen-bond donors (Lipinski definition) is 2. The number of rotatable bonds is 1. The Bertz CT molecular complexity index is 491. The van der Waals surface area contributed by atoms with Gasteiger partial charge in [-0.05, 0) is 15.9 Å². The molecule has 0 fully saturated rings. The first-order chi connectivity index (χ1) is 7.32. The van der Waals surface area contributed by atoms with Crippen LogP contribution in [-0.4, -0.2) is 17.4 Å². The van der Waals surface area contributed by atoms with E-state index >= 15 is 0 Å². The average Bonchev–Trinajstić information content (AvgIpc) is 2.40. The predicted octanol–water partition coefficient (Wildman–Crippen LogP) is 2.05. The van der Waals surface area contributed by atoms with Crippen LogP contribution in [0, 0.1) is 0 Å². The van der Waals surface area contributed by atoms with Crippen LogP contribution in [0.1, 0.15) is 10.4 Å². The van der Waals surface area contributed by atoms with Crippen molar-refractivity contribution < 1.29 is 28.2 Å². The molecular weight excluding hydrogens is 292 g/mol. The summed E-state index contributed by atoms with van der Waals surface area (Å²) >= 11 is 2.94. The van der Waals surface area contributed by atoms with Crippen molar-refractivity contribution in [2.24, 2.45) is 0 Å². The molecule has 1 aliphatic rings. The molecule has 16 heavy (non-hydrogen) atoms. The molecule has 0 amide bonds. The van der Waals surface area contributed by atoms with E-state index in [1.165, 1.54) is 0 Å². The highest BCUT2D eigenvalue weighted by atomic mass is 79.9. The van der Waals surface area contributed by atoms with Gasteiger partial charge >= 0.3 is 12.3 Å². The minimum atomic E-state index is -3.88. The summed E-state index contributed by atoms with van der Waals surface area (Å²) in [6.45, 7) is 0. The monoisotopic (exact) mass is 295 g/mol. The Morgan fingerprint density at radius 2 is 2.12 bits per heavy atom. The molecule has 0 radical (unpaired) electrons. The third-order valence-corrected chi connectivity index (χ3v) is 2.55. The fourth-order valence-electron chi connectivity index (χ4n) is 1.28. The van der Waals surface area contributed by atoms with Crippen molar-refractivity contribution in [2.45, 2.75) is 6.29 Å². The predicted molar refractivity (Wildman–Crippen MR) is 51.7 cm³/mol. The largest absolute Gasteiger partial charge is 0.586 e. The fourth-order valence-corrected chi connectivity index (χ4v) is 1.69. The zero-order valence-electron chi connectivity index (χ0n) is 7.46. The number of anilines is 1. The number of ether oxygens (including phenoxy) is 2. The lowest BCUT2D eigenvalue weighted by Crippen LogP contribution is -2.26. The standard InChI is InChI=1S/C8H4BrF2NO4/c9-2-1-3-6(16-8(10,11)15-3)4(5(2)12)7(13)14/h1H,12H2,(H,13,14). The van der Waals surface area contributed by atoms with E-state index < -0.39 is 23.6 Å². The Kier molecular flexibility index (Phi) is 2.19. The molecule has 0 aliphatic carbocycles. The van der Waals surface area contributed by atoms with Gasteiger partial charge in [0.15, 0.2) is 11.5 Å². The van der Waals surface area contributed by atoms with Crippen molar-refractivity contribution in [3.8, 4) is 11.5 Å². The van der Waals surface area contributed by atoms with Gasteiger partial charge in [-0.2, -0.15) is 0 Å². The topological polar surface area (TPSA) is 81.8 Å². The average molecular weight is 296 g/mol. The van der Waals surface area contributed by atoms with Crippen LogP contribution in [0.5, 0.6) is 11.5 Å². The van der Waals surface area contributed by atoms with Gasteiger partial charge < -0.3 is 20.3 Å². The third kappa shape index (κ3) is 1.54. The minimum Gasteiger partial charge on any atom is -0.477 e. The summed E-state index contributed by atoms with van der Waals surface area (Å²) < 4.78 is 33.8. The van der Waals surface area contributed by atoms with Crippen molar-refractivity contribution in [3.05, 3.63) is 16.1 Å². The van der Waals surface area contributed by atoms with Crippen molar-refractivity contribution >= 4 is 27.6 Å². The molecule has 0 atom stereocenters. The van der Waals surface area contributed by atoms with E-state index in [1.54, 1.807) is 0 Å². The van der Waals surface area contributed by atoms with Crippen molar-refractivity contribution in [1.29, 1.82) is 0 Å². The highest BCUT2D eigenvalue weighted by molar-refractivity contribution is 9.10. The smallest absolute Gasteiger partial charge is 0.477 e. The molecular formula is C8H4BrF2NO4. The zero-order valence-corrected chi connectivity index (χ0v) is 9.05. The number of carboxylic acid groups (broad SMARTS) is 1.